The van der Waals surface area contributed by atoms with Crippen LogP contribution in [0.15, 0.2) is 97.7 Å². The highest BCUT2D eigenvalue weighted by molar-refractivity contribution is 8.00. The molecule has 3 aliphatic heterocycles. The van der Waals surface area contributed by atoms with Gasteiger partial charge in [0, 0.05) is 131 Å². The van der Waals surface area contributed by atoms with Crippen molar-refractivity contribution in [3.8, 4) is 0 Å². The largest absolute Gasteiger partial charge is 0.481 e. The Morgan fingerprint density at radius 2 is 1.09 bits per heavy atom. The fourth-order valence-corrected chi connectivity index (χ4v) is 17.5. The molecule has 6 aromatic rings. The number of imidazole rings is 1. The van der Waals surface area contributed by atoms with Crippen LogP contribution in [0.25, 0.3) is 21.8 Å². The van der Waals surface area contributed by atoms with Gasteiger partial charge in [-0.2, -0.15) is 0 Å². The molecule has 3 fully saturated rings. The Hall–Kier alpha value is -14.1. The number of fused-ring (bicyclic) bond motifs is 4. The van der Waals surface area contributed by atoms with Gasteiger partial charge >= 0.3 is 5.97 Å². The number of aliphatic hydroxyl groups excluding tert-OH is 2. The molecular weight excluding hydrogens is 1800 g/mol. The number of hydrogen-bond acceptors (Lipinski definition) is 23. The number of carbonyl (C=O) groups excluding carboxylic acids is 17. The van der Waals surface area contributed by atoms with Gasteiger partial charge in [0.05, 0.1) is 37.8 Å². The molecule has 3 aromatic carbocycles. The number of para-hydroxylation sites is 2. The van der Waals surface area contributed by atoms with Crippen molar-refractivity contribution in [2.24, 2.45) is 17.2 Å². The number of carbonyl (C=O) groups is 18. The minimum absolute atomic E-state index is 0.0146. The van der Waals surface area contributed by atoms with Crippen LogP contribution >= 0.6 is 11.8 Å². The number of primary amides is 2. The van der Waals surface area contributed by atoms with E-state index in [1.807, 2.05) is 13.8 Å². The van der Waals surface area contributed by atoms with Gasteiger partial charge in [0.2, 0.25) is 100 Å². The molecule has 17 amide bonds. The molecular formula is C90H123FN24O21S. The SMILES string of the molecule is CCCC[C@H]1C(=O)N(C)[C@@H](CCCC)C(=O)N[C@@H](CCCNC(=N)N)C(=O)N[C@H](C(=O)NCC(N)=O)CSCC(=O)N[C@@H](Cc2ccc(F)cc2)C(=O)N(C)[C@@H](C)C(=O)N[C@H](CC(N)=O)C(=O)N2CCC[C@H]2C(=O)N[C@@H](Cc2cnc[nH]2)C(=O)N[C@@H](CCC(=O)O)C(=O)N2C[C@H](O)C[C@H]2C(=O)N[C@@H](Cc2c[nH]c3ccccc23)C(=O)N[C@@H](CO)C(=O)N[C@@H](Cc2c[nH]c3ccccc23)C(=O)N1C. The van der Waals surface area contributed by atoms with Gasteiger partial charge in [-0.1, -0.05) is 88.1 Å². The second kappa shape index (κ2) is 51.0. The molecule has 3 aliphatic rings. The van der Waals surface area contributed by atoms with Crippen LogP contribution in [-0.2, 0) is 112 Å². The van der Waals surface area contributed by atoms with Gasteiger partial charge in [-0.3, -0.25) is 91.7 Å². The predicted octanol–water partition coefficient (Wildman–Crippen LogP) is -3.68. The third-order valence-electron chi connectivity index (χ3n) is 24.2. The predicted molar refractivity (Wildman–Crippen MR) is 495 cm³/mol. The van der Waals surface area contributed by atoms with Crippen molar-refractivity contribution in [2.75, 3.05) is 65.4 Å². The van der Waals surface area contributed by atoms with E-state index in [2.05, 4.69) is 78.4 Å². The van der Waals surface area contributed by atoms with Gasteiger partial charge in [-0.05, 0) is 92.8 Å². The number of hydrogen-bond donors (Lipinski definition) is 21. The van der Waals surface area contributed by atoms with E-state index in [9.17, 15) is 67.7 Å². The van der Waals surface area contributed by atoms with Crippen molar-refractivity contribution < 1.29 is 106 Å². The van der Waals surface area contributed by atoms with E-state index in [1.165, 1.54) is 52.7 Å². The molecule has 3 aromatic heterocycles. The van der Waals surface area contributed by atoms with E-state index < -0.39 is 272 Å². The molecule has 137 heavy (non-hydrogen) atoms. The Morgan fingerprint density at radius 3 is 1.69 bits per heavy atom. The Bertz CT molecular complexity index is 5330. The number of likely N-dealkylation sites (N-methyl/N-ethyl adjacent to an activating group) is 3. The maximum absolute atomic E-state index is 15.7. The van der Waals surface area contributed by atoms with Crippen LogP contribution in [0, 0.1) is 11.2 Å². The van der Waals surface area contributed by atoms with Gasteiger partial charge in [-0.25, -0.2) is 9.37 Å². The van der Waals surface area contributed by atoms with Crippen molar-refractivity contribution >= 4 is 146 Å². The first-order valence-corrected chi connectivity index (χ1v) is 46.4. The number of aliphatic carboxylic acids is 1. The summed E-state index contributed by atoms with van der Waals surface area (Å²) in [5, 5.41) is 70.1. The standard InChI is InChI=1S/C90H123FN24O21S/c1-7-9-22-68-82(129)103-59(21-15-31-97-90(94)95)78(125)110-67(77(124)100-42-73(93)119)45-137-46-74(120)102-63(33-49-25-27-52(91)28-26-49)85(132)111(4)48(3)76(123)107-65(38-72(92)118)88(135)114-32-16-24-69(114)83(130)106-62(36-53-41-96-47-101-53)80(127)104-60(29-30-75(121)122)87(134)115-43-54(117)37-71(115)84(131)105-61(34-50-39-98-57-19-13-11-17-55(50)57)79(126)109-66(44-116)81(128)108-64(35-51-40-99-58-20-14-12-18-56(51)58)86(133)113(6)70(23-10-8-2)89(136)112(68)5/h11-14,17-20,25-28,39-41,47-48,54,59-71,98-99,116-117H,7-10,15-16,21-24,29-38,42-46H2,1-6H3,(H2,92,118)(H2,93,119)(H,96,101)(H,100,124)(H,102,120)(H,103,129)(H,104,127)(H,105,131)(H,106,130)(H,107,123)(H,108,128)(H,109,126)(H,110,125)(H,121,122)(H4,94,95,97)/t48-,54+,59-,60-,61-,62-,63-,64-,65+,66-,67-,68-,69-,70-,71-/m0/s1. The van der Waals surface area contributed by atoms with Crippen LogP contribution in [0.5, 0.6) is 0 Å². The van der Waals surface area contributed by atoms with E-state index in [4.69, 9.17) is 22.6 Å². The molecule has 9 rings (SSSR count). The normalized spacial score (nSPS) is 24.5. The van der Waals surface area contributed by atoms with Gasteiger partial charge in [0.1, 0.15) is 90.4 Å². The monoisotopic (exact) mass is 1930 g/mol. The fourth-order valence-electron chi connectivity index (χ4n) is 16.6. The van der Waals surface area contributed by atoms with Crippen molar-refractivity contribution in [3.63, 3.8) is 0 Å². The average Bonchev–Trinajstić information content (AvgIpc) is 1.69. The number of aromatic nitrogens is 4. The van der Waals surface area contributed by atoms with Crippen molar-refractivity contribution in [1.29, 1.82) is 5.41 Å². The first-order valence-electron chi connectivity index (χ1n) is 45.3. The van der Waals surface area contributed by atoms with E-state index in [1.54, 1.807) is 60.9 Å². The lowest BCUT2D eigenvalue weighted by Gasteiger charge is -2.36. The molecule has 0 radical (unpaired) electrons. The van der Waals surface area contributed by atoms with Crippen LogP contribution in [0.2, 0.25) is 0 Å². The molecule has 24 N–H and O–H groups in total. The Labute approximate surface area is 792 Å². The summed E-state index contributed by atoms with van der Waals surface area (Å²) >= 11 is 0.728. The maximum Gasteiger partial charge on any atom is 0.303 e. The van der Waals surface area contributed by atoms with Crippen molar-refractivity contribution in [3.05, 3.63) is 126 Å². The highest BCUT2D eigenvalue weighted by Crippen LogP contribution is 2.28. The first kappa shape index (κ1) is 107. The highest BCUT2D eigenvalue weighted by atomic mass is 32.2. The Balaban J connectivity index is 1.11. The number of nitrogens with two attached hydrogens (primary N) is 3. The minimum Gasteiger partial charge on any atom is -0.481 e. The molecule has 6 heterocycles. The highest BCUT2D eigenvalue weighted by Gasteiger charge is 2.47. The maximum atomic E-state index is 15.7. The molecule has 45 nitrogen and oxygen atoms in total. The second-order valence-corrected chi connectivity index (χ2v) is 35.3. The van der Waals surface area contributed by atoms with Gasteiger partial charge < -0.3 is 130 Å². The van der Waals surface area contributed by atoms with Crippen molar-refractivity contribution in [2.45, 2.75) is 227 Å². The molecule has 0 unspecified atom stereocenters. The third-order valence-corrected chi connectivity index (χ3v) is 25.3. The topological polar surface area (TPSA) is 679 Å². The number of carboxylic acid groups (broad SMARTS) is 1. The molecule has 0 bridgehead atoms. The molecule has 0 spiro atoms. The van der Waals surface area contributed by atoms with Gasteiger partial charge in [0.25, 0.3) is 0 Å². The Kier molecular flexibility index (Phi) is 39.7. The summed E-state index contributed by atoms with van der Waals surface area (Å²) in [7, 11) is 3.81. The molecule has 47 heteroatoms. The van der Waals surface area contributed by atoms with Crippen LogP contribution in [0.4, 0.5) is 4.39 Å². The first-order chi connectivity index (χ1) is 65.3. The number of guanidine groups is 1. The molecule has 0 aliphatic carbocycles. The van der Waals surface area contributed by atoms with E-state index >= 15 is 38.4 Å². The van der Waals surface area contributed by atoms with E-state index in [0.29, 0.717) is 64.2 Å². The van der Waals surface area contributed by atoms with Crippen molar-refractivity contribution in [1.82, 2.24) is 103 Å². The zero-order valence-electron chi connectivity index (χ0n) is 77.0. The quantitative estimate of drug-likeness (QED) is 0.0134. The fraction of sp³-hybridized carbons (Fsp3) is 0.511. The summed E-state index contributed by atoms with van der Waals surface area (Å²) in [5.41, 5.74) is 19.4. The number of aromatic amines is 3. The number of rotatable bonds is 27. The minimum atomic E-state index is -1.95. The average molecular weight is 1930 g/mol. The number of amides is 17. The number of nitrogens with one attached hydrogen (secondary N) is 15. The molecule has 3 saturated heterocycles. The number of benzene rings is 3. The summed E-state index contributed by atoms with van der Waals surface area (Å²) in [4.78, 5) is 281. The number of halogens is 1. The summed E-state index contributed by atoms with van der Waals surface area (Å²) in [6.45, 7) is 2.14. The molecule has 742 valence electrons. The number of H-pyrrole nitrogens is 3. The summed E-state index contributed by atoms with van der Waals surface area (Å²) < 4.78 is 14.4. The summed E-state index contributed by atoms with van der Waals surface area (Å²) in [5.74, 6) is -20.9. The van der Waals surface area contributed by atoms with E-state index in [-0.39, 0.29) is 76.6 Å². The zero-order valence-corrected chi connectivity index (χ0v) is 77.8. The lowest BCUT2D eigenvalue weighted by Crippen LogP contribution is -2.62. The smallest absolute Gasteiger partial charge is 0.303 e. The lowest BCUT2D eigenvalue weighted by atomic mass is 10.00. The third kappa shape index (κ3) is 29.9. The number of thioether (sulfide) groups is 1. The molecule has 15 atom stereocenters. The zero-order chi connectivity index (χ0) is 100. The molecule has 0 saturated carbocycles. The summed E-state index contributed by atoms with van der Waals surface area (Å²) in [6, 6.07) is -4.48. The van der Waals surface area contributed by atoms with Gasteiger partial charge in [-0.15, -0.1) is 11.8 Å². The van der Waals surface area contributed by atoms with Crippen LogP contribution in [-0.4, -0.2) is 328 Å². The summed E-state index contributed by atoms with van der Waals surface area (Å²) in [6.07, 6.45) is 1.16. The number of unbranched alkanes of at least 4 members (excludes halogenated alkanes) is 2. The number of nitrogens with zero attached hydrogens (tertiary/aromatic N) is 6. The van der Waals surface area contributed by atoms with E-state index in [0.717, 1.165) is 48.4 Å². The Morgan fingerprint density at radius 1 is 0.547 bits per heavy atom. The van der Waals surface area contributed by atoms with Crippen LogP contribution in [0.3, 0.4) is 0 Å². The lowest BCUT2D eigenvalue weighted by molar-refractivity contribution is -0.149. The second-order valence-electron chi connectivity index (χ2n) is 34.2. The van der Waals surface area contributed by atoms with Crippen LogP contribution in [0.1, 0.15) is 133 Å². The van der Waals surface area contributed by atoms with Crippen LogP contribution < -0.4 is 75.7 Å². The van der Waals surface area contributed by atoms with Gasteiger partial charge in [0.15, 0.2) is 5.96 Å². The number of carboxylic acids is 1. The number of aliphatic hydroxyl groups is 2.